The number of phenols is 1. The number of carbonyl (C=O) groups excluding carboxylic acids is 1. The number of aromatic hydroxyl groups is 1. The van der Waals surface area contributed by atoms with E-state index in [2.05, 4.69) is 0 Å². The van der Waals surface area contributed by atoms with Crippen molar-refractivity contribution in [3.05, 3.63) is 35.4 Å². The molecule has 0 aromatic heterocycles. The monoisotopic (exact) mass is 245 g/mol. The van der Waals surface area contributed by atoms with Crippen molar-refractivity contribution in [1.82, 2.24) is 4.90 Å². The third-order valence-electron chi connectivity index (χ3n) is 3.29. The number of hydrogen-bond acceptors (Lipinski definition) is 2. The summed E-state index contributed by atoms with van der Waals surface area (Å²) < 4.78 is 0. The Bertz CT molecular complexity index is 459. The number of phenolic OH excluding ortho intramolecular Hbond substituents is 1. The van der Waals surface area contributed by atoms with Crippen molar-refractivity contribution in [1.29, 1.82) is 0 Å². The van der Waals surface area contributed by atoms with Gasteiger partial charge in [0.05, 0.1) is 0 Å². The highest BCUT2D eigenvalue weighted by atomic mass is 16.3. The lowest BCUT2D eigenvalue weighted by Crippen LogP contribution is -2.36. The van der Waals surface area contributed by atoms with Gasteiger partial charge in [0.25, 0.3) is 0 Å². The van der Waals surface area contributed by atoms with Gasteiger partial charge in [0.1, 0.15) is 5.75 Å². The van der Waals surface area contributed by atoms with E-state index in [4.69, 9.17) is 0 Å². The Morgan fingerprint density at radius 1 is 1.22 bits per heavy atom. The zero-order chi connectivity index (χ0) is 13.0. The van der Waals surface area contributed by atoms with Gasteiger partial charge in [0.15, 0.2) is 0 Å². The van der Waals surface area contributed by atoms with Crippen LogP contribution in [-0.4, -0.2) is 29.0 Å². The number of para-hydroxylation sites is 1. The van der Waals surface area contributed by atoms with Crippen molar-refractivity contribution in [2.45, 2.75) is 26.2 Å². The van der Waals surface area contributed by atoms with Gasteiger partial charge in [0, 0.05) is 24.2 Å². The number of carbonyl (C=O) groups is 1. The smallest absolute Gasteiger partial charge is 0.249 e. The maximum atomic E-state index is 12.2. The molecule has 1 amide bonds. The molecule has 1 aliphatic rings. The summed E-state index contributed by atoms with van der Waals surface area (Å²) in [6.45, 7) is 3.51. The Morgan fingerprint density at radius 3 is 2.56 bits per heavy atom. The number of amides is 1. The van der Waals surface area contributed by atoms with Crippen molar-refractivity contribution in [2.24, 2.45) is 0 Å². The van der Waals surface area contributed by atoms with Crippen LogP contribution in [0.2, 0.25) is 0 Å². The molecule has 0 atom stereocenters. The molecule has 1 aromatic carbocycles. The molecule has 0 spiro atoms. The van der Waals surface area contributed by atoms with Gasteiger partial charge >= 0.3 is 0 Å². The van der Waals surface area contributed by atoms with Crippen molar-refractivity contribution in [3.8, 4) is 5.75 Å². The summed E-state index contributed by atoms with van der Waals surface area (Å²) >= 11 is 0. The minimum Gasteiger partial charge on any atom is -0.507 e. The molecule has 2 rings (SSSR count). The van der Waals surface area contributed by atoms with Gasteiger partial charge in [0.2, 0.25) is 5.91 Å². The fraction of sp³-hybridized carbons (Fsp3) is 0.400. The summed E-state index contributed by atoms with van der Waals surface area (Å²) in [6.07, 6.45) is 5.16. The van der Waals surface area contributed by atoms with Gasteiger partial charge in [-0.3, -0.25) is 4.79 Å². The maximum Gasteiger partial charge on any atom is 0.249 e. The Balaban J connectivity index is 2.12. The summed E-state index contributed by atoms with van der Waals surface area (Å²) in [5.74, 6) is 0.293. The quantitative estimate of drug-likeness (QED) is 0.814. The second kappa shape index (κ2) is 5.71. The van der Waals surface area contributed by atoms with Crippen molar-refractivity contribution >= 4 is 12.0 Å². The van der Waals surface area contributed by atoms with Crippen LogP contribution in [0.3, 0.4) is 0 Å². The van der Waals surface area contributed by atoms with Crippen molar-refractivity contribution in [2.75, 3.05) is 13.1 Å². The first-order valence-corrected chi connectivity index (χ1v) is 6.44. The fourth-order valence-corrected chi connectivity index (χ4v) is 2.25. The van der Waals surface area contributed by atoms with Crippen LogP contribution >= 0.6 is 0 Å². The molecule has 1 N–H and O–H groups in total. The first-order valence-electron chi connectivity index (χ1n) is 6.44. The van der Waals surface area contributed by atoms with Gasteiger partial charge in [-0.05, 0) is 38.3 Å². The van der Waals surface area contributed by atoms with Gasteiger partial charge < -0.3 is 10.0 Å². The minimum atomic E-state index is 0.0814. The Labute approximate surface area is 108 Å². The molecular weight excluding hydrogens is 226 g/mol. The van der Waals surface area contributed by atoms with Gasteiger partial charge in [-0.2, -0.15) is 0 Å². The molecule has 0 aliphatic carbocycles. The molecule has 3 heteroatoms. The molecule has 1 saturated heterocycles. The largest absolute Gasteiger partial charge is 0.507 e. The Kier molecular flexibility index (Phi) is 4.03. The molecule has 0 saturated carbocycles. The van der Waals surface area contributed by atoms with Crippen LogP contribution in [0.1, 0.15) is 31.7 Å². The highest BCUT2D eigenvalue weighted by molar-refractivity contribution is 5.97. The standard InChI is InChI=1S/C15H19NO2/c1-12(11-13-7-3-4-8-14(13)17)15(18)16-9-5-2-6-10-16/h3-4,7-8,11,17H,2,5-6,9-10H2,1H3. The number of rotatable bonds is 2. The highest BCUT2D eigenvalue weighted by Gasteiger charge is 2.17. The van der Waals surface area contributed by atoms with Crippen molar-refractivity contribution < 1.29 is 9.90 Å². The van der Waals surface area contributed by atoms with E-state index >= 15 is 0 Å². The lowest BCUT2D eigenvalue weighted by molar-refractivity contribution is -0.127. The number of nitrogens with zero attached hydrogens (tertiary/aromatic N) is 1. The molecule has 18 heavy (non-hydrogen) atoms. The van der Waals surface area contributed by atoms with Crippen LogP contribution in [0, 0.1) is 0 Å². The summed E-state index contributed by atoms with van der Waals surface area (Å²) in [7, 11) is 0. The molecule has 1 aromatic rings. The van der Waals surface area contributed by atoms with Crippen LogP contribution < -0.4 is 0 Å². The van der Waals surface area contributed by atoms with E-state index in [0.717, 1.165) is 25.9 Å². The van der Waals surface area contributed by atoms with E-state index in [0.29, 0.717) is 11.1 Å². The molecule has 96 valence electrons. The number of piperidine rings is 1. The van der Waals surface area contributed by atoms with Gasteiger partial charge in [-0.1, -0.05) is 18.2 Å². The fourth-order valence-electron chi connectivity index (χ4n) is 2.25. The number of likely N-dealkylation sites (tertiary alicyclic amines) is 1. The molecule has 0 bridgehead atoms. The predicted molar refractivity (Wildman–Crippen MR) is 72.2 cm³/mol. The summed E-state index contributed by atoms with van der Waals surface area (Å²) in [5.41, 5.74) is 1.37. The predicted octanol–water partition coefficient (Wildman–Crippen LogP) is 2.81. The summed E-state index contributed by atoms with van der Waals surface area (Å²) in [5, 5.41) is 9.68. The molecular formula is C15H19NO2. The average molecular weight is 245 g/mol. The average Bonchev–Trinajstić information content (AvgIpc) is 2.41. The first-order chi connectivity index (χ1) is 8.68. The van der Waals surface area contributed by atoms with E-state index < -0.39 is 0 Å². The third-order valence-corrected chi connectivity index (χ3v) is 3.29. The molecule has 0 radical (unpaired) electrons. The first kappa shape index (κ1) is 12.7. The maximum absolute atomic E-state index is 12.2. The zero-order valence-corrected chi connectivity index (χ0v) is 10.7. The number of hydrogen-bond donors (Lipinski definition) is 1. The SMILES string of the molecule is CC(=Cc1ccccc1O)C(=O)N1CCCCC1. The van der Waals surface area contributed by atoms with E-state index in [9.17, 15) is 9.90 Å². The van der Waals surface area contributed by atoms with Crippen LogP contribution in [0.5, 0.6) is 5.75 Å². The molecule has 1 heterocycles. The molecule has 3 nitrogen and oxygen atoms in total. The zero-order valence-electron chi connectivity index (χ0n) is 10.7. The van der Waals surface area contributed by atoms with Crippen molar-refractivity contribution in [3.63, 3.8) is 0 Å². The van der Waals surface area contributed by atoms with Gasteiger partial charge in [-0.15, -0.1) is 0 Å². The lowest BCUT2D eigenvalue weighted by atomic mass is 10.1. The van der Waals surface area contributed by atoms with E-state index in [1.165, 1.54) is 6.42 Å². The molecule has 0 unspecified atom stereocenters. The Hall–Kier alpha value is -1.77. The minimum absolute atomic E-state index is 0.0814. The van der Waals surface area contributed by atoms with Gasteiger partial charge in [-0.25, -0.2) is 0 Å². The number of benzene rings is 1. The van der Waals surface area contributed by atoms with E-state index in [1.54, 1.807) is 18.2 Å². The van der Waals surface area contributed by atoms with Crippen LogP contribution in [-0.2, 0) is 4.79 Å². The van der Waals surface area contributed by atoms with E-state index in [1.807, 2.05) is 24.0 Å². The van der Waals surface area contributed by atoms with Crippen LogP contribution in [0.4, 0.5) is 0 Å². The second-order valence-corrected chi connectivity index (χ2v) is 4.74. The lowest BCUT2D eigenvalue weighted by Gasteiger charge is -2.27. The van der Waals surface area contributed by atoms with E-state index in [-0.39, 0.29) is 11.7 Å². The Morgan fingerprint density at radius 2 is 1.89 bits per heavy atom. The summed E-state index contributed by atoms with van der Waals surface area (Å²) in [6, 6.07) is 7.06. The molecule has 1 fully saturated rings. The summed E-state index contributed by atoms with van der Waals surface area (Å²) in [4.78, 5) is 14.1. The third kappa shape index (κ3) is 2.92. The molecule has 1 aliphatic heterocycles. The normalized spacial score (nSPS) is 16.7. The highest BCUT2D eigenvalue weighted by Crippen LogP contribution is 2.20. The van der Waals surface area contributed by atoms with Crippen LogP contribution in [0.15, 0.2) is 29.8 Å². The van der Waals surface area contributed by atoms with Crippen LogP contribution in [0.25, 0.3) is 6.08 Å². The second-order valence-electron chi connectivity index (χ2n) is 4.74. The topological polar surface area (TPSA) is 40.5 Å².